The van der Waals surface area contributed by atoms with Gasteiger partial charge in [-0.05, 0) is 25.7 Å². The Hall–Kier alpha value is -0.120. The maximum atomic E-state index is 5.41. The molecule has 0 saturated carbocycles. The Morgan fingerprint density at radius 1 is 1.35 bits per heavy atom. The van der Waals surface area contributed by atoms with Gasteiger partial charge in [-0.15, -0.1) is 0 Å². The zero-order valence-corrected chi connectivity index (χ0v) is 12.3. The summed E-state index contributed by atoms with van der Waals surface area (Å²) in [7, 11) is 0. The molecule has 2 unspecified atom stereocenters. The summed E-state index contributed by atoms with van der Waals surface area (Å²) in [5.41, 5.74) is 0.346. The van der Waals surface area contributed by atoms with Crippen molar-refractivity contribution in [3.05, 3.63) is 0 Å². The SMILES string of the molecule is CCOCCCN1CC(C(C)(C)C)NCC1C. The molecule has 0 bridgehead atoms. The maximum Gasteiger partial charge on any atom is 0.0478 e. The first-order valence-electron chi connectivity index (χ1n) is 7.00. The van der Waals surface area contributed by atoms with Crippen molar-refractivity contribution in [3.63, 3.8) is 0 Å². The third kappa shape index (κ3) is 4.94. The summed E-state index contributed by atoms with van der Waals surface area (Å²) in [6.07, 6.45) is 1.15. The molecule has 1 aliphatic rings. The highest BCUT2D eigenvalue weighted by atomic mass is 16.5. The number of piperazine rings is 1. The molecule has 1 rings (SSSR count). The van der Waals surface area contributed by atoms with Crippen molar-refractivity contribution in [2.45, 2.75) is 53.1 Å². The molecule has 3 heteroatoms. The van der Waals surface area contributed by atoms with Crippen LogP contribution in [0.15, 0.2) is 0 Å². The summed E-state index contributed by atoms with van der Waals surface area (Å²) >= 11 is 0. The Morgan fingerprint density at radius 3 is 2.65 bits per heavy atom. The minimum atomic E-state index is 0.346. The monoisotopic (exact) mass is 242 g/mol. The Kier molecular flexibility index (Phi) is 5.90. The largest absolute Gasteiger partial charge is 0.382 e. The van der Waals surface area contributed by atoms with Gasteiger partial charge in [0.25, 0.3) is 0 Å². The third-order valence-electron chi connectivity index (χ3n) is 3.68. The summed E-state index contributed by atoms with van der Waals surface area (Å²) < 4.78 is 5.41. The van der Waals surface area contributed by atoms with Gasteiger partial charge < -0.3 is 10.1 Å². The van der Waals surface area contributed by atoms with Gasteiger partial charge in [0, 0.05) is 44.9 Å². The van der Waals surface area contributed by atoms with Gasteiger partial charge in [0.15, 0.2) is 0 Å². The highest BCUT2D eigenvalue weighted by Crippen LogP contribution is 2.23. The van der Waals surface area contributed by atoms with Crippen molar-refractivity contribution in [2.75, 3.05) is 32.8 Å². The van der Waals surface area contributed by atoms with Crippen LogP contribution in [0.4, 0.5) is 0 Å². The first kappa shape index (κ1) is 14.9. The molecular weight excluding hydrogens is 212 g/mol. The number of hydrogen-bond donors (Lipinski definition) is 1. The van der Waals surface area contributed by atoms with E-state index in [4.69, 9.17) is 4.74 Å². The lowest BCUT2D eigenvalue weighted by Crippen LogP contribution is -2.59. The molecule has 2 atom stereocenters. The quantitative estimate of drug-likeness (QED) is 0.747. The normalized spacial score (nSPS) is 27.4. The summed E-state index contributed by atoms with van der Waals surface area (Å²) in [6.45, 7) is 16.5. The molecule has 0 aliphatic carbocycles. The summed E-state index contributed by atoms with van der Waals surface area (Å²) in [6, 6.07) is 1.25. The van der Waals surface area contributed by atoms with E-state index in [2.05, 4.69) is 44.8 Å². The van der Waals surface area contributed by atoms with Crippen LogP contribution < -0.4 is 5.32 Å². The summed E-state index contributed by atoms with van der Waals surface area (Å²) in [5, 5.41) is 3.67. The minimum Gasteiger partial charge on any atom is -0.382 e. The summed E-state index contributed by atoms with van der Waals surface area (Å²) in [4.78, 5) is 2.60. The predicted molar refractivity (Wildman–Crippen MR) is 73.4 cm³/mol. The number of hydrogen-bond acceptors (Lipinski definition) is 3. The first-order valence-corrected chi connectivity index (χ1v) is 7.00. The standard InChI is InChI=1S/C14H30N2O/c1-6-17-9-7-8-16-11-13(14(3,4)5)15-10-12(16)2/h12-13,15H,6-11H2,1-5H3. The number of nitrogens with one attached hydrogen (secondary N) is 1. The number of rotatable bonds is 5. The molecule has 1 fully saturated rings. The molecular formula is C14H30N2O. The minimum absolute atomic E-state index is 0.346. The molecule has 102 valence electrons. The van der Waals surface area contributed by atoms with E-state index in [0.29, 0.717) is 17.5 Å². The lowest BCUT2D eigenvalue weighted by Gasteiger charge is -2.44. The van der Waals surface area contributed by atoms with E-state index in [9.17, 15) is 0 Å². The van der Waals surface area contributed by atoms with Crippen LogP contribution in [-0.2, 0) is 4.74 Å². The van der Waals surface area contributed by atoms with Crippen LogP contribution in [0, 0.1) is 5.41 Å². The van der Waals surface area contributed by atoms with Gasteiger partial charge in [-0.3, -0.25) is 4.90 Å². The van der Waals surface area contributed by atoms with Gasteiger partial charge in [0.05, 0.1) is 0 Å². The average molecular weight is 242 g/mol. The smallest absolute Gasteiger partial charge is 0.0478 e. The second kappa shape index (κ2) is 6.72. The van der Waals surface area contributed by atoms with E-state index in [-0.39, 0.29) is 0 Å². The lowest BCUT2D eigenvalue weighted by molar-refractivity contribution is 0.0770. The average Bonchev–Trinajstić information content (AvgIpc) is 2.25. The highest BCUT2D eigenvalue weighted by Gasteiger charge is 2.31. The number of nitrogens with zero attached hydrogens (tertiary/aromatic N) is 1. The van der Waals surface area contributed by atoms with E-state index in [1.807, 2.05) is 0 Å². The molecule has 1 N–H and O–H groups in total. The van der Waals surface area contributed by atoms with Gasteiger partial charge >= 0.3 is 0 Å². The van der Waals surface area contributed by atoms with Crippen LogP contribution in [0.2, 0.25) is 0 Å². The molecule has 0 spiro atoms. The van der Waals surface area contributed by atoms with Crippen LogP contribution in [0.3, 0.4) is 0 Å². The van der Waals surface area contributed by atoms with Crippen molar-refractivity contribution >= 4 is 0 Å². The van der Waals surface area contributed by atoms with Crippen molar-refractivity contribution in [2.24, 2.45) is 5.41 Å². The molecule has 0 aromatic carbocycles. The molecule has 1 heterocycles. The maximum absolute atomic E-state index is 5.41. The number of ether oxygens (including phenoxy) is 1. The zero-order chi connectivity index (χ0) is 12.9. The highest BCUT2D eigenvalue weighted by molar-refractivity contribution is 4.90. The second-order valence-electron chi connectivity index (χ2n) is 6.22. The zero-order valence-electron chi connectivity index (χ0n) is 12.3. The Morgan fingerprint density at radius 2 is 2.06 bits per heavy atom. The lowest BCUT2D eigenvalue weighted by atomic mass is 9.85. The van der Waals surface area contributed by atoms with Crippen LogP contribution in [0.1, 0.15) is 41.0 Å². The fraction of sp³-hybridized carbons (Fsp3) is 1.00. The molecule has 0 aromatic heterocycles. The molecule has 1 saturated heterocycles. The van der Waals surface area contributed by atoms with Crippen LogP contribution >= 0.6 is 0 Å². The Bertz CT molecular complexity index is 213. The van der Waals surface area contributed by atoms with Crippen LogP contribution in [0.25, 0.3) is 0 Å². The predicted octanol–water partition coefficient (Wildman–Crippen LogP) is 2.12. The molecule has 17 heavy (non-hydrogen) atoms. The fourth-order valence-corrected chi connectivity index (χ4v) is 2.33. The van der Waals surface area contributed by atoms with E-state index < -0.39 is 0 Å². The third-order valence-corrected chi connectivity index (χ3v) is 3.68. The van der Waals surface area contributed by atoms with Crippen LogP contribution in [0.5, 0.6) is 0 Å². The molecule has 1 aliphatic heterocycles. The van der Waals surface area contributed by atoms with Gasteiger partial charge in [-0.1, -0.05) is 20.8 Å². The van der Waals surface area contributed by atoms with Crippen molar-refractivity contribution in [1.29, 1.82) is 0 Å². The van der Waals surface area contributed by atoms with Crippen LogP contribution in [-0.4, -0.2) is 49.8 Å². The van der Waals surface area contributed by atoms with Gasteiger partial charge in [0.2, 0.25) is 0 Å². The van der Waals surface area contributed by atoms with Gasteiger partial charge in [-0.25, -0.2) is 0 Å². The first-order chi connectivity index (χ1) is 7.95. The summed E-state index contributed by atoms with van der Waals surface area (Å²) in [5.74, 6) is 0. The van der Waals surface area contributed by atoms with E-state index in [0.717, 1.165) is 39.3 Å². The van der Waals surface area contributed by atoms with E-state index in [1.54, 1.807) is 0 Å². The van der Waals surface area contributed by atoms with E-state index >= 15 is 0 Å². The Balaban J connectivity index is 2.36. The molecule has 0 aromatic rings. The van der Waals surface area contributed by atoms with E-state index in [1.165, 1.54) is 0 Å². The van der Waals surface area contributed by atoms with Crippen molar-refractivity contribution in [3.8, 4) is 0 Å². The fourth-order valence-electron chi connectivity index (χ4n) is 2.33. The van der Waals surface area contributed by atoms with Gasteiger partial charge in [0.1, 0.15) is 0 Å². The molecule has 0 amide bonds. The topological polar surface area (TPSA) is 24.5 Å². The Labute approximate surface area is 107 Å². The molecule has 3 nitrogen and oxygen atoms in total. The van der Waals surface area contributed by atoms with Crippen molar-refractivity contribution < 1.29 is 4.74 Å². The second-order valence-corrected chi connectivity index (χ2v) is 6.22. The van der Waals surface area contributed by atoms with Gasteiger partial charge in [-0.2, -0.15) is 0 Å². The molecule has 0 radical (unpaired) electrons. The van der Waals surface area contributed by atoms with Crippen molar-refractivity contribution in [1.82, 2.24) is 10.2 Å².